The molecule has 1 aliphatic carbocycles. The zero-order valence-electron chi connectivity index (χ0n) is 16.6. The molecule has 0 spiro atoms. The average Bonchev–Trinajstić information content (AvgIpc) is 2.79. The summed E-state index contributed by atoms with van der Waals surface area (Å²) in [5, 5.41) is 14.0. The lowest BCUT2D eigenvalue weighted by molar-refractivity contribution is 0.0954. The maximum atomic E-state index is 13.0. The molecule has 0 aromatic heterocycles. The van der Waals surface area contributed by atoms with Crippen molar-refractivity contribution in [1.82, 2.24) is 5.32 Å². The molecule has 1 amide bonds. The molecule has 1 aliphatic heterocycles. The van der Waals surface area contributed by atoms with Gasteiger partial charge in [-0.1, -0.05) is 25.1 Å². The van der Waals surface area contributed by atoms with Crippen molar-refractivity contribution < 1.29 is 14.3 Å². The van der Waals surface area contributed by atoms with Gasteiger partial charge in [0, 0.05) is 28.6 Å². The standard InChI is InChI=1S/C23H15Br4NO4/c1-2-7-28-23(31)11-6-4-3-5-10(11)16-12-8-14(24)19(29)17(26)21(12)32-22-13(16)9-15(25)20(30)18(22)27/h3-6,8-9,29H,2,7H2,1H3,(H,28,31). The van der Waals surface area contributed by atoms with E-state index in [1.54, 1.807) is 24.3 Å². The van der Waals surface area contributed by atoms with Crippen LogP contribution in [0.3, 0.4) is 0 Å². The van der Waals surface area contributed by atoms with E-state index in [2.05, 4.69) is 69.0 Å². The molecule has 0 bridgehead atoms. The van der Waals surface area contributed by atoms with Gasteiger partial charge in [0.1, 0.15) is 14.7 Å². The number of rotatable bonds is 4. The third-order valence-electron chi connectivity index (χ3n) is 5.00. The van der Waals surface area contributed by atoms with Crippen LogP contribution < -0.4 is 10.7 Å². The Labute approximate surface area is 217 Å². The predicted octanol–water partition coefficient (Wildman–Crippen LogP) is 7.46. The molecular weight excluding hydrogens is 674 g/mol. The van der Waals surface area contributed by atoms with Crippen molar-refractivity contribution in [3.05, 3.63) is 70.1 Å². The van der Waals surface area contributed by atoms with E-state index in [9.17, 15) is 14.7 Å². The fourth-order valence-electron chi connectivity index (χ4n) is 3.52. The van der Waals surface area contributed by atoms with E-state index >= 15 is 0 Å². The first kappa shape index (κ1) is 23.5. The van der Waals surface area contributed by atoms with Crippen LogP contribution in [0.2, 0.25) is 0 Å². The molecule has 0 radical (unpaired) electrons. The lowest BCUT2D eigenvalue weighted by atomic mass is 9.90. The SMILES string of the molecule is CCCNC(=O)c1ccccc1-c1c2cc(Br)c(=O)c(Br)c-2oc2c(Br)c(O)c(Br)cc12. The molecule has 4 rings (SSSR count). The number of aromatic hydroxyl groups is 1. The molecule has 0 saturated carbocycles. The monoisotopic (exact) mass is 685 g/mol. The highest BCUT2D eigenvalue weighted by Crippen LogP contribution is 2.49. The molecule has 0 unspecified atom stereocenters. The Balaban J connectivity index is 2.20. The van der Waals surface area contributed by atoms with Crippen LogP contribution in [-0.2, 0) is 0 Å². The number of hydrogen-bond acceptors (Lipinski definition) is 4. The molecule has 2 aliphatic rings. The molecule has 0 saturated heterocycles. The quantitative estimate of drug-likeness (QED) is 0.218. The Morgan fingerprint density at radius 2 is 1.75 bits per heavy atom. The Morgan fingerprint density at radius 1 is 1.03 bits per heavy atom. The second-order valence-electron chi connectivity index (χ2n) is 7.05. The van der Waals surface area contributed by atoms with Crippen LogP contribution in [0, 0.1) is 0 Å². The number of phenolic OH excluding ortho intramolecular Hbond substituents is 1. The highest BCUT2D eigenvalue weighted by Gasteiger charge is 2.27. The summed E-state index contributed by atoms with van der Waals surface area (Å²) in [6.45, 7) is 2.55. The van der Waals surface area contributed by atoms with E-state index in [0.29, 0.717) is 58.9 Å². The van der Waals surface area contributed by atoms with Crippen LogP contribution in [0.15, 0.2) is 63.5 Å². The third kappa shape index (κ3) is 3.93. The second kappa shape index (κ2) is 9.29. The summed E-state index contributed by atoms with van der Waals surface area (Å²) < 4.78 is 7.50. The molecule has 1 heterocycles. The molecule has 0 atom stereocenters. The van der Waals surface area contributed by atoms with E-state index in [4.69, 9.17) is 4.42 Å². The van der Waals surface area contributed by atoms with E-state index in [1.165, 1.54) is 0 Å². The summed E-state index contributed by atoms with van der Waals surface area (Å²) >= 11 is 13.5. The number of carbonyl (C=O) groups excluding carboxylic acids is 1. The zero-order chi connectivity index (χ0) is 23.2. The molecule has 164 valence electrons. The van der Waals surface area contributed by atoms with Gasteiger partial charge in [0.2, 0.25) is 5.43 Å². The molecule has 32 heavy (non-hydrogen) atoms. The molecular formula is C23H15Br4NO4. The predicted molar refractivity (Wildman–Crippen MR) is 140 cm³/mol. The van der Waals surface area contributed by atoms with Gasteiger partial charge < -0.3 is 14.8 Å². The largest absolute Gasteiger partial charge is 0.505 e. The highest BCUT2D eigenvalue weighted by atomic mass is 79.9. The summed E-state index contributed by atoms with van der Waals surface area (Å²) in [4.78, 5) is 25.6. The van der Waals surface area contributed by atoms with Gasteiger partial charge in [0.05, 0.1) is 8.95 Å². The number of phenols is 1. The lowest BCUT2D eigenvalue weighted by Crippen LogP contribution is -2.24. The average molecular weight is 689 g/mol. The number of carbonyl (C=O) groups is 1. The third-order valence-corrected chi connectivity index (χ3v) is 7.65. The first-order valence-electron chi connectivity index (χ1n) is 9.59. The lowest BCUT2D eigenvalue weighted by Gasteiger charge is -2.20. The van der Waals surface area contributed by atoms with Gasteiger partial charge in [-0.25, -0.2) is 0 Å². The molecule has 2 aromatic carbocycles. The van der Waals surface area contributed by atoms with Gasteiger partial charge >= 0.3 is 0 Å². The van der Waals surface area contributed by atoms with Crippen LogP contribution in [0.1, 0.15) is 23.7 Å². The fraction of sp³-hybridized carbons (Fsp3) is 0.130. The van der Waals surface area contributed by atoms with Crippen molar-refractivity contribution in [2.24, 2.45) is 0 Å². The summed E-state index contributed by atoms with van der Waals surface area (Å²) in [6.07, 6.45) is 0.815. The van der Waals surface area contributed by atoms with E-state index in [1.807, 2.05) is 19.1 Å². The van der Waals surface area contributed by atoms with Crippen molar-refractivity contribution in [3.63, 3.8) is 0 Å². The second-order valence-corrected chi connectivity index (χ2v) is 10.3. The van der Waals surface area contributed by atoms with Gasteiger partial charge in [-0.3, -0.25) is 9.59 Å². The molecule has 0 fully saturated rings. The highest BCUT2D eigenvalue weighted by molar-refractivity contribution is 9.11. The number of benzene rings is 3. The molecule has 9 heteroatoms. The van der Waals surface area contributed by atoms with E-state index < -0.39 is 0 Å². The summed E-state index contributed by atoms with van der Waals surface area (Å²) in [7, 11) is 0. The number of halogens is 4. The smallest absolute Gasteiger partial charge is 0.251 e. The van der Waals surface area contributed by atoms with E-state index in [-0.39, 0.29) is 21.6 Å². The maximum Gasteiger partial charge on any atom is 0.251 e. The van der Waals surface area contributed by atoms with E-state index in [0.717, 1.165) is 6.42 Å². The minimum absolute atomic E-state index is 0.0314. The normalized spacial score (nSPS) is 11.3. The minimum Gasteiger partial charge on any atom is -0.505 e. The zero-order valence-corrected chi connectivity index (χ0v) is 22.9. The van der Waals surface area contributed by atoms with Gasteiger partial charge in [-0.05, 0) is 93.9 Å². The number of amides is 1. The first-order valence-corrected chi connectivity index (χ1v) is 12.8. The summed E-state index contributed by atoms with van der Waals surface area (Å²) in [5.41, 5.74) is 2.59. The minimum atomic E-state index is -0.266. The maximum absolute atomic E-state index is 13.0. The van der Waals surface area contributed by atoms with Crippen LogP contribution in [0.4, 0.5) is 0 Å². The Hall–Kier alpha value is -1.68. The van der Waals surface area contributed by atoms with Crippen LogP contribution in [0.25, 0.3) is 33.4 Å². The first-order chi connectivity index (χ1) is 15.3. The molecule has 2 N–H and O–H groups in total. The van der Waals surface area contributed by atoms with Crippen LogP contribution >= 0.6 is 63.7 Å². The topological polar surface area (TPSA) is 79.5 Å². The Bertz CT molecular complexity index is 1410. The summed E-state index contributed by atoms with van der Waals surface area (Å²) in [6, 6.07) is 10.7. The number of fused-ring (bicyclic) bond motifs is 2. The number of nitrogens with one attached hydrogen (secondary N) is 1. The van der Waals surface area contributed by atoms with Crippen LogP contribution in [0.5, 0.6) is 5.75 Å². The van der Waals surface area contributed by atoms with Crippen LogP contribution in [-0.4, -0.2) is 17.6 Å². The van der Waals surface area contributed by atoms with Gasteiger partial charge in [-0.15, -0.1) is 0 Å². The molecule has 5 nitrogen and oxygen atoms in total. The van der Waals surface area contributed by atoms with Crippen molar-refractivity contribution >= 4 is 80.6 Å². The van der Waals surface area contributed by atoms with Crippen molar-refractivity contribution in [1.29, 1.82) is 0 Å². The Morgan fingerprint density at radius 3 is 2.47 bits per heavy atom. The van der Waals surface area contributed by atoms with Crippen molar-refractivity contribution in [3.8, 4) is 28.2 Å². The van der Waals surface area contributed by atoms with Gasteiger partial charge in [0.15, 0.2) is 11.3 Å². The van der Waals surface area contributed by atoms with Gasteiger partial charge in [0.25, 0.3) is 5.91 Å². The number of hydrogen-bond donors (Lipinski definition) is 2. The van der Waals surface area contributed by atoms with Crippen molar-refractivity contribution in [2.75, 3.05) is 6.54 Å². The van der Waals surface area contributed by atoms with Crippen molar-refractivity contribution in [2.45, 2.75) is 13.3 Å². The van der Waals surface area contributed by atoms with Gasteiger partial charge in [-0.2, -0.15) is 0 Å². The fourth-order valence-corrected chi connectivity index (χ4v) is 5.92. The Kier molecular flexibility index (Phi) is 6.81. The molecule has 2 aromatic rings. The summed E-state index contributed by atoms with van der Waals surface area (Å²) in [5.74, 6) is 0.0861.